The Balaban J connectivity index is 1.71. The molecule has 0 unspecified atom stereocenters. The van der Waals surface area contributed by atoms with Gasteiger partial charge in [-0.3, -0.25) is 19.9 Å². The number of benzene rings is 1. The number of aromatic nitrogens is 1. The van der Waals surface area contributed by atoms with Crippen molar-refractivity contribution >= 4 is 29.0 Å². The van der Waals surface area contributed by atoms with Gasteiger partial charge < -0.3 is 19.4 Å². The maximum atomic E-state index is 12.2. The van der Waals surface area contributed by atoms with Gasteiger partial charge in [-0.1, -0.05) is 18.2 Å². The van der Waals surface area contributed by atoms with Gasteiger partial charge in [-0.15, -0.1) is 0 Å². The number of carbonyl (C=O) groups is 1. The summed E-state index contributed by atoms with van der Waals surface area (Å²) in [7, 11) is 0. The van der Waals surface area contributed by atoms with Crippen LogP contribution in [-0.2, 0) is 9.53 Å². The van der Waals surface area contributed by atoms with Crippen LogP contribution in [0.2, 0.25) is 0 Å². The van der Waals surface area contributed by atoms with E-state index in [1.165, 1.54) is 12.1 Å². The Kier molecular flexibility index (Phi) is 6.13. The fourth-order valence-corrected chi connectivity index (χ4v) is 3.98. The molecule has 1 fully saturated rings. The number of nitro benzene ring substituents is 1. The van der Waals surface area contributed by atoms with Crippen LogP contribution in [0.25, 0.3) is 11.3 Å². The van der Waals surface area contributed by atoms with Crippen LogP contribution in [0, 0.1) is 10.1 Å². The summed E-state index contributed by atoms with van der Waals surface area (Å²) in [4.78, 5) is 29.1. The quantitative estimate of drug-likeness (QED) is 0.248. The molecule has 0 radical (unpaired) electrons. The number of carbonyl (C=O) groups excluding carboxylic acids is 1. The molecule has 1 N–H and O–H groups in total. The molecule has 164 valence electrons. The fraction of sp³-hybridized carbons (Fsp3) is 0.227. The van der Waals surface area contributed by atoms with Crippen molar-refractivity contribution in [2.75, 3.05) is 13.2 Å². The molecule has 32 heavy (non-hydrogen) atoms. The van der Waals surface area contributed by atoms with Crippen molar-refractivity contribution in [2.24, 2.45) is 0 Å². The minimum absolute atomic E-state index is 0.0283. The largest absolute Gasteiger partial charge is 0.465 e. The second-order valence-electron chi connectivity index (χ2n) is 7.07. The summed E-state index contributed by atoms with van der Waals surface area (Å²) >= 11 is 5.51. The summed E-state index contributed by atoms with van der Waals surface area (Å²) in [6.45, 7) is 1.95. The Morgan fingerprint density at radius 1 is 1.28 bits per heavy atom. The third-order valence-corrected chi connectivity index (χ3v) is 5.41. The number of nitrogens with one attached hydrogen (secondary N) is 1. The normalized spacial score (nSPS) is 17.8. The van der Waals surface area contributed by atoms with Crippen molar-refractivity contribution in [3.63, 3.8) is 0 Å². The third-order valence-electron chi connectivity index (χ3n) is 5.06. The zero-order valence-corrected chi connectivity index (χ0v) is 18.0. The fourth-order valence-electron chi connectivity index (χ4n) is 3.67. The van der Waals surface area contributed by atoms with Crippen molar-refractivity contribution in [3.8, 4) is 11.3 Å². The first-order valence-corrected chi connectivity index (χ1v) is 10.4. The number of non-ortho nitro benzene ring substituents is 1. The van der Waals surface area contributed by atoms with Crippen LogP contribution in [0.15, 0.2) is 65.2 Å². The van der Waals surface area contributed by atoms with Crippen molar-refractivity contribution < 1.29 is 18.9 Å². The Morgan fingerprint density at radius 3 is 2.84 bits per heavy atom. The highest BCUT2D eigenvalue weighted by molar-refractivity contribution is 7.80. The first-order chi connectivity index (χ1) is 15.5. The lowest BCUT2D eigenvalue weighted by Crippen LogP contribution is -2.35. The number of hydrogen-bond donors (Lipinski definition) is 1. The smallest absolute Gasteiger partial charge is 0.325 e. The zero-order valence-electron chi connectivity index (χ0n) is 17.1. The third kappa shape index (κ3) is 4.30. The van der Waals surface area contributed by atoms with Crippen LogP contribution in [0.5, 0.6) is 0 Å². The van der Waals surface area contributed by atoms with Gasteiger partial charge in [0.25, 0.3) is 5.69 Å². The first-order valence-electron chi connectivity index (χ1n) is 9.96. The molecule has 3 heterocycles. The highest BCUT2D eigenvalue weighted by Crippen LogP contribution is 2.40. The summed E-state index contributed by atoms with van der Waals surface area (Å²) in [5.74, 6) is 0.602. The SMILES string of the molecule is CCOC(=O)CN1C(=S)N[C@H](c2ccccn2)[C@H]1c1ccc(-c2cccc([N+](=O)[O-])c2)o1. The highest BCUT2D eigenvalue weighted by atomic mass is 32.1. The van der Waals surface area contributed by atoms with E-state index in [-0.39, 0.29) is 24.9 Å². The number of nitro groups is 1. The molecule has 0 aliphatic carbocycles. The molecule has 10 heteroatoms. The summed E-state index contributed by atoms with van der Waals surface area (Å²) in [5, 5.41) is 14.7. The van der Waals surface area contributed by atoms with Crippen LogP contribution < -0.4 is 5.32 Å². The van der Waals surface area contributed by atoms with Crippen molar-refractivity contribution in [3.05, 3.63) is 82.4 Å². The van der Waals surface area contributed by atoms with E-state index < -0.39 is 16.9 Å². The lowest BCUT2D eigenvalue weighted by Gasteiger charge is -2.25. The lowest BCUT2D eigenvalue weighted by atomic mass is 10.0. The van der Waals surface area contributed by atoms with Crippen LogP contribution in [0.4, 0.5) is 5.69 Å². The molecule has 1 aliphatic rings. The molecule has 0 amide bonds. The number of thiocarbonyl (C=S) groups is 1. The second kappa shape index (κ2) is 9.15. The lowest BCUT2D eigenvalue weighted by molar-refractivity contribution is -0.384. The van der Waals surface area contributed by atoms with E-state index in [9.17, 15) is 14.9 Å². The Bertz CT molecular complexity index is 1150. The van der Waals surface area contributed by atoms with E-state index in [2.05, 4.69) is 10.3 Å². The standard InChI is InChI=1S/C22H20N4O5S/c1-2-30-19(27)13-25-21(20(24-22(25)32)16-8-3-4-11-23-16)18-10-9-17(31-18)14-6-5-7-15(12-14)26(28)29/h3-12,20-21H,2,13H2,1H3,(H,24,32)/t20-,21-/m1/s1. The second-order valence-corrected chi connectivity index (χ2v) is 7.46. The van der Waals surface area contributed by atoms with Gasteiger partial charge in [0.15, 0.2) is 5.11 Å². The van der Waals surface area contributed by atoms with Gasteiger partial charge in [-0.2, -0.15) is 0 Å². The molecule has 3 aromatic rings. The highest BCUT2D eigenvalue weighted by Gasteiger charge is 2.42. The Labute approximate surface area is 189 Å². The van der Waals surface area contributed by atoms with E-state index in [1.54, 1.807) is 42.3 Å². The zero-order chi connectivity index (χ0) is 22.7. The first kappa shape index (κ1) is 21.4. The number of furan rings is 1. The summed E-state index contributed by atoms with van der Waals surface area (Å²) in [6, 6.07) is 14.5. The molecule has 0 saturated carbocycles. The maximum Gasteiger partial charge on any atom is 0.325 e. The molecule has 1 saturated heterocycles. The molecule has 0 bridgehead atoms. The van der Waals surface area contributed by atoms with E-state index in [0.717, 1.165) is 5.69 Å². The monoisotopic (exact) mass is 452 g/mol. The average molecular weight is 452 g/mol. The molecule has 0 spiro atoms. The summed E-state index contributed by atoms with van der Waals surface area (Å²) in [6.07, 6.45) is 1.68. The molecular weight excluding hydrogens is 432 g/mol. The van der Waals surface area contributed by atoms with Gasteiger partial charge in [0.05, 0.1) is 23.3 Å². The van der Waals surface area contributed by atoms with Crippen molar-refractivity contribution in [1.29, 1.82) is 0 Å². The van der Waals surface area contributed by atoms with E-state index in [0.29, 0.717) is 22.2 Å². The number of ether oxygens (including phenoxy) is 1. The number of hydrogen-bond acceptors (Lipinski definition) is 7. The molecule has 1 aliphatic heterocycles. The molecular formula is C22H20N4O5S. The van der Waals surface area contributed by atoms with Gasteiger partial charge in [-0.05, 0) is 43.4 Å². The maximum absolute atomic E-state index is 12.2. The van der Waals surface area contributed by atoms with Crippen LogP contribution in [0.1, 0.15) is 30.5 Å². The Hall–Kier alpha value is -3.79. The van der Waals surface area contributed by atoms with E-state index in [4.69, 9.17) is 21.4 Å². The van der Waals surface area contributed by atoms with Gasteiger partial charge in [0.1, 0.15) is 24.1 Å². The number of nitrogens with zero attached hydrogens (tertiary/aromatic N) is 3. The summed E-state index contributed by atoms with van der Waals surface area (Å²) < 4.78 is 11.2. The molecule has 2 atom stereocenters. The van der Waals surface area contributed by atoms with Gasteiger partial charge in [0.2, 0.25) is 0 Å². The van der Waals surface area contributed by atoms with Crippen LogP contribution in [-0.4, -0.2) is 39.0 Å². The molecule has 9 nitrogen and oxygen atoms in total. The predicted molar refractivity (Wildman–Crippen MR) is 120 cm³/mol. The molecule has 4 rings (SSSR count). The van der Waals surface area contributed by atoms with Crippen molar-refractivity contribution in [1.82, 2.24) is 15.2 Å². The molecule has 2 aromatic heterocycles. The minimum atomic E-state index is -0.464. The average Bonchev–Trinajstić information content (AvgIpc) is 3.40. The minimum Gasteiger partial charge on any atom is -0.465 e. The van der Waals surface area contributed by atoms with Crippen molar-refractivity contribution in [2.45, 2.75) is 19.0 Å². The van der Waals surface area contributed by atoms with Crippen LogP contribution in [0.3, 0.4) is 0 Å². The van der Waals surface area contributed by atoms with E-state index >= 15 is 0 Å². The van der Waals surface area contributed by atoms with E-state index in [1.807, 2.05) is 18.2 Å². The number of esters is 1. The van der Waals surface area contributed by atoms with Crippen LogP contribution >= 0.6 is 12.2 Å². The van der Waals surface area contributed by atoms with Gasteiger partial charge >= 0.3 is 5.97 Å². The van der Waals surface area contributed by atoms with Gasteiger partial charge in [0, 0.05) is 23.9 Å². The molecule has 1 aromatic carbocycles. The topological polar surface area (TPSA) is 111 Å². The summed E-state index contributed by atoms with van der Waals surface area (Å²) in [5.41, 5.74) is 1.28. The number of rotatable bonds is 7. The predicted octanol–water partition coefficient (Wildman–Crippen LogP) is 3.79. The number of pyridine rings is 1. The van der Waals surface area contributed by atoms with Gasteiger partial charge in [-0.25, -0.2) is 0 Å². The Morgan fingerprint density at radius 2 is 2.12 bits per heavy atom.